The number of H-pyrrole nitrogens is 1. The zero-order valence-corrected chi connectivity index (χ0v) is 21.8. The van der Waals surface area contributed by atoms with Gasteiger partial charge in [-0.2, -0.15) is 5.10 Å². The second-order valence-electron chi connectivity index (χ2n) is 8.17. The number of nitrogens with one attached hydrogen (secondary N) is 2. The zero-order valence-electron chi connectivity index (χ0n) is 20.2. The van der Waals surface area contributed by atoms with E-state index in [0.717, 1.165) is 22.3 Å². The van der Waals surface area contributed by atoms with Gasteiger partial charge < -0.3 is 4.74 Å². The predicted molar refractivity (Wildman–Crippen MR) is 143 cm³/mol. The van der Waals surface area contributed by atoms with Gasteiger partial charge in [-0.05, 0) is 85.0 Å². The maximum Gasteiger partial charge on any atom is 0.261 e. The Balaban J connectivity index is 1.66. The fourth-order valence-electron chi connectivity index (χ4n) is 4.00. The lowest BCUT2D eigenvalue weighted by Gasteiger charge is -2.19. The van der Waals surface area contributed by atoms with Gasteiger partial charge in [0.2, 0.25) is 0 Å². The van der Waals surface area contributed by atoms with Crippen LogP contribution in [0.5, 0.6) is 11.5 Å². The molecule has 186 valence electrons. The number of nitrogens with zero attached hydrogens (tertiary/aromatic N) is 2. The number of anilines is 1. The van der Waals surface area contributed by atoms with E-state index in [-0.39, 0.29) is 4.90 Å². The SMILES string of the molecule is C/C=C\c1c(C)c(Cc2ncn[nH]2)cc(NS(=O)(=O)c2ccc(Oc3ccccc3Cl)cc2)c1CC. The van der Waals surface area contributed by atoms with Gasteiger partial charge in [-0.25, -0.2) is 13.4 Å². The van der Waals surface area contributed by atoms with Gasteiger partial charge in [0.15, 0.2) is 0 Å². The highest BCUT2D eigenvalue weighted by Crippen LogP contribution is 2.33. The van der Waals surface area contributed by atoms with E-state index in [9.17, 15) is 8.42 Å². The summed E-state index contributed by atoms with van der Waals surface area (Å²) in [4.78, 5) is 4.35. The molecule has 0 saturated heterocycles. The van der Waals surface area contributed by atoms with Crippen molar-refractivity contribution in [3.8, 4) is 11.5 Å². The minimum atomic E-state index is -3.86. The number of para-hydroxylation sites is 1. The van der Waals surface area contributed by atoms with Crippen molar-refractivity contribution in [2.24, 2.45) is 0 Å². The molecule has 0 amide bonds. The molecule has 0 fully saturated rings. The van der Waals surface area contributed by atoms with Crippen LogP contribution >= 0.6 is 11.6 Å². The Morgan fingerprint density at radius 2 is 1.89 bits per heavy atom. The van der Waals surface area contributed by atoms with Crippen molar-refractivity contribution in [2.75, 3.05) is 4.72 Å². The summed E-state index contributed by atoms with van der Waals surface area (Å²) in [5.74, 6) is 1.68. The number of benzene rings is 3. The second-order valence-corrected chi connectivity index (χ2v) is 10.3. The number of halogens is 1. The third kappa shape index (κ3) is 5.61. The number of allylic oxidation sites excluding steroid dienone is 1. The van der Waals surface area contributed by atoms with E-state index in [2.05, 4.69) is 19.9 Å². The highest BCUT2D eigenvalue weighted by Gasteiger charge is 2.20. The third-order valence-electron chi connectivity index (χ3n) is 5.81. The van der Waals surface area contributed by atoms with Gasteiger partial charge in [0.1, 0.15) is 23.7 Å². The molecule has 2 N–H and O–H groups in total. The third-order valence-corrected chi connectivity index (χ3v) is 7.50. The van der Waals surface area contributed by atoms with E-state index in [1.54, 1.807) is 24.3 Å². The Morgan fingerprint density at radius 1 is 1.14 bits per heavy atom. The molecule has 0 spiro atoms. The van der Waals surface area contributed by atoms with Crippen LogP contribution in [0.3, 0.4) is 0 Å². The topological polar surface area (TPSA) is 97.0 Å². The van der Waals surface area contributed by atoms with Crippen LogP contribution in [0.25, 0.3) is 6.08 Å². The van der Waals surface area contributed by atoms with Crippen LogP contribution in [-0.4, -0.2) is 23.6 Å². The van der Waals surface area contributed by atoms with Crippen molar-refractivity contribution >= 4 is 33.4 Å². The van der Waals surface area contributed by atoms with Gasteiger partial charge in [-0.1, -0.05) is 42.8 Å². The largest absolute Gasteiger partial charge is 0.456 e. The van der Waals surface area contributed by atoms with Crippen molar-refractivity contribution in [3.05, 3.63) is 100 Å². The quantitative estimate of drug-likeness (QED) is 0.260. The Hall–Kier alpha value is -3.62. The number of hydrogen-bond donors (Lipinski definition) is 2. The Labute approximate surface area is 216 Å². The summed E-state index contributed by atoms with van der Waals surface area (Å²) >= 11 is 6.16. The summed E-state index contributed by atoms with van der Waals surface area (Å²) in [5, 5.41) is 7.27. The molecule has 36 heavy (non-hydrogen) atoms. The summed E-state index contributed by atoms with van der Waals surface area (Å²) in [6.45, 7) is 5.99. The first-order chi connectivity index (χ1) is 17.3. The van der Waals surface area contributed by atoms with Crippen molar-refractivity contribution in [2.45, 2.75) is 38.5 Å². The average Bonchev–Trinajstić information content (AvgIpc) is 3.37. The molecule has 9 heteroatoms. The minimum absolute atomic E-state index is 0.126. The summed E-state index contributed by atoms with van der Waals surface area (Å²) in [7, 11) is -3.86. The Morgan fingerprint density at radius 3 is 2.53 bits per heavy atom. The fourth-order valence-corrected chi connectivity index (χ4v) is 5.26. The fraction of sp³-hybridized carbons (Fsp3) is 0.185. The molecular weight excluding hydrogens is 496 g/mol. The van der Waals surface area contributed by atoms with Gasteiger partial charge in [0, 0.05) is 6.42 Å². The van der Waals surface area contributed by atoms with E-state index in [0.29, 0.717) is 40.9 Å². The highest BCUT2D eigenvalue weighted by molar-refractivity contribution is 7.92. The first-order valence-electron chi connectivity index (χ1n) is 11.5. The summed E-state index contributed by atoms with van der Waals surface area (Å²) in [5.41, 5.74) is 4.50. The summed E-state index contributed by atoms with van der Waals surface area (Å²) in [6, 6.07) is 15.2. The van der Waals surface area contributed by atoms with Gasteiger partial charge in [-0.3, -0.25) is 9.82 Å². The predicted octanol–water partition coefficient (Wildman–Crippen LogP) is 6.55. The average molecular weight is 523 g/mol. The van der Waals surface area contributed by atoms with Crippen LogP contribution in [-0.2, 0) is 22.9 Å². The molecule has 0 saturated carbocycles. The highest BCUT2D eigenvalue weighted by atomic mass is 35.5. The molecule has 0 bridgehead atoms. The Bertz CT molecular complexity index is 1480. The van der Waals surface area contributed by atoms with Crippen LogP contribution in [0.1, 0.15) is 41.9 Å². The number of aromatic amines is 1. The lowest BCUT2D eigenvalue weighted by Crippen LogP contribution is -2.15. The molecule has 1 heterocycles. The summed E-state index contributed by atoms with van der Waals surface area (Å²) < 4.78 is 35.3. The van der Waals surface area contributed by atoms with E-state index in [1.807, 2.05) is 51.1 Å². The lowest BCUT2D eigenvalue weighted by molar-refractivity contribution is 0.482. The van der Waals surface area contributed by atoms with Gasteiger partial charge >= 0.3 is 0 Å². The number of hydrogen-bond acceptors (Lipinski definition) is 5. The standard InChI is InChI=1S/C27H27ClN4O3S/c1-4-8-23-18(3)19(16-27-29-17-30-31-27)15-25(22(23)5-2)32-36(33,34)21-13-11-20(12-14-21)35-26-10-7-6-9-24(26)28/h4,6-15,17,32H,5,16H2,1-3H3,(H,29,30,31)/b8-4-. The molecule has 0 aliphatic heterocycles. The molecule has 3 aromatic carbocycles. The van der Waals surface area contributed by atoms with E-state index in [1.165, 1.54) is 18.5 Å². The van der Waals surface area contributed by atoms with Crippen molar-refractivity contribution in [1.82, 2.24) is 15.2 Å². The van der Waals surface area contributed by atoms with E-state index < -0.39 is 10.0 Å². The maximum atomic E-state index is 13.4. The molecule has 0 aliphatic rings. The van der Waals surface area contributed by atoms with Crippen molar-refractivity contribution in [1.29, 1.82) is 0 Å². The van der Waals surface area contributed by atoms with Crippen LogP contribution in [0.15, 0.2) is 71.9 Å². The van der Waals surface area contributed by atoms with E-state index in [4.69, 9.17) is 16.3 Å². The molecule has 0 atom stereocenters. The number of ether oxygens (including phenoxy) is 1. The molecule has 0 aliphatic carbocycles. The van der Waals surface area contributed by atoms with Crippen LogP contribution in [0.2, 0.25) is 5.02 Å². The molecule has 4 aromatic rings. The van der Waals surface area contributed by atoms with Crippen molar-refractivity contribution < 1.29 is 13.2 Å². The van der Waals surface area contributed by atoms with Gasteiger partial charge in [0.25, 0.3) is 10.0 Å². The van der Waals surface area contributed by atoms with Crippen molar-refractivity contribution in [3.63, 3.8) is 0 Å². The Kier molecular flexibility index (Phi) is 7.76. The number of aromatic nitrogens is 3. The minimum Gasteiger partial charge on any atom is -0.456 e. The number of sulfonamides is 1. The monoisotopic (exact) mass is 522 g/mol. The molecule has 4 rings (SSSR count). The van der Waals surface area contributed by atoms with Crippen LogP contribution in [0, 0.1) is 6.92 Å². The maximum absolute atomic E-state index is 13.4. The summed E-state index contributed by atoms with van der Waals surface area (Å²) in [6.07, 6.45) is 6.59. The normalized spacial score (nSPS) is 11.7. The van der Waals surface area contributed by atoms with E-state index >= 15 is 0 Å². The lowest BCUT2D eigenvalue weighted by atomic mass is 9.92. The first-order valence-corrected chi connectivity index (χ1v) is 13.4. The van der Waals surface area contributed by atoms with Gasteiger partial charge in [0.05, 0.1) is 15.6 Å². The molecule has 0 unspecified atom stereocenters. The van der Waals surface area contributed by atoms with Crippen LogP contribution < -0.4 is 9.46 Å². The molecule has 7 nitrogen and oxygen atoms in total. The second kappa shape index (κ2) is 11.0. The molecule has 0 radical (unpaired) electrons. The molecule has 1 aromatic heterocycles. The first kappa shape index (κ1) is 25.5. The van der Waals surface area contributed by atoms with Gasteiger partial charge in [-0.15, -0.1) is 0 Å². The smallest absolute Gasteiger partial charge is 0.261 e. The molecular formula is C27H27ClN4O3S. The number of rotatable bonds is 9. The zero-order chi connectivity index (χ0) is 25.7. The van der Waals surface area contributed by atoms with Crippen LogP contribution in [0.4, 0.5) is 5.69 Å².